The van der Waals surface area contributed by atoms with Crippen LogP contribution >= 0.6 is 0 Å². The molecule has 0 aromatic rings. The predicted octanol–water partition coefficient (Wildman–Crippen LogP) is 2.52. The summed E-state index contributed by atoms with van der Waals surface area (Å²) in [5.41, 5.74) is 0. The average molecular weight is 485 g/mol. The Labute approximate surface area is 165 Å². The van der Waals surface area contributed by atoms with E-state index < -0.39 is 97.8 Å². The lowest BCUT2D eigenvalue weighted by atomic mass is 10.1. The SMILES string of the molecule is FC1CN(C(F)(F)OB(OC(F)(F)N2CC(F)C2F)OC(F)(F)N2CC(F)C2F)C1F. The summed E-state index contributed by atoms with van der Waals surface area (Å²) in [7, 11) is -3.87. The number of rotatable bonds is 9. The third kappa shape index (κ3) is 4.57. The fraction of sp³-hybridized carbons (Fsp3) is 1.00. The first-order chi connectivity index (χ1) is 14.1. The van der Waals surface area contributed by atoms with E-state index in [0.29, 0.717) is 0 Å². The molecule has 31 heavy (non-hydrogen) atoms. The van der Waals surface area contributed by atoms with Gasteiger partial charge < -0.3 is 14.0 Å². The van der Waals surface area contributed by atoms with Crippen LogP contribution in [0.1, 0.15) is 0 Å². The number of alkyl halides is 12. The van der Waals surface area contributed by atoms with Gasteiger partial charge in [-0.15, -0.1) is 0 Å². The minimum absolute atomic E-state index is 0.730. The molecule has 19 heteroatoms. The van der Waals surface area contributed by atoms with Crippen molar-refractivity contribution in [3.05, 3.63) is 0 Å². The molecule has 3 aliphatic heterocycles. The van der Waals surface area contributed by atoms with Crippen LogP contribution in [0.25, 0.3) is 0 Å². The largest absolute Gasteiger partial charge is 0.655 e. The summed E-state index contributed by atoms with van der Waals surface area (Å²) in [6.45, 7) is -4.05. The molecule has 0 aliphatic carbocycles. The number of likely N-dealkylation sites (tertiary alicyclic amines) is 3. The molecule has 3 heterocycles. The van der Waals surface area contributed by atoms with Gasteiger partial charge in [0.25, 0.3) is 0 Å². The maximum Gasteiger partial charge on any atom is 0.655 e. The van der Waals surface area contributed by atoms with Crippen LogP contribution in [0, 0.1) is 0 Å². The van der Waals surface area contributed by atoms with Gasteiger partial charge in [0.05, 0.1) is 0 Å². The van der Waals surface area contributed by atoms with E-state index in [4.69, 9.17) is 0 Å². The highest BCUT2D eigenvalue weighted by molar-refractivity contribution is 6.36. The molecule has 3 rings (SSSR count). The van der Waals surface area contributed by atoms with Crippen LogP contribution in [-0.2, 0) is 14.0 Å². The van der Waals surface area contributed by atoms with Crippen LogP contribution in [-0.4, -0.2) is 97.8 Å². The van der Waals surface area contributed by atoms with Crippen molar-refractivity contribution in [1.82, 2.24) is 14.7 Å². The van der Waals surface area contributed by atoms with Crippen molar-refractivity contribution >= 4 is 7.32 Å². The second-order valence-corrected chi connectivity index (χ2v) is 6.72. The summed E-state index contributed by atoms with van der Waals surface area (Å²) in [6.07, 6.45) is -31.6. The first-order valence-corrected chi connectivity index (χ1v) is 8.38. The van der Waals surface area contributed by atoms with Gasteiger partial charge in [0.1, 0.15) is 0 Å². The number of hydrogen-bond acceptors (Lipinski definition) is 6. The van der Waals surface area contributed by atoms with Gasteiger partial charge >= 0.3 is 26.0 Å². The fourth-order valence-corrected chi connectivity index (χ4v) is 2.67. The standard InChI is InChI=1S/C12H12BF12N3O3/c14-4-1-26(7(4)17)10(20,21)29-13(30-11(22,23)27-2-5(15)8(27)18)31-12(24,25)28-3-6(16)9(28)19/h4-9H,1-3H2. The number of nitrogens with zero attached hydrogens (tertiary/aromatic N) is 3. The second kappa shape index (κ2) is 8.09. The fourth-order valence-electron chi connectivity index (χ4n) is 2.67. The highest BCUT2D eigenvalue weighted by Gasteiger charge is 2.64. The van der Waals surface area contributed by atoms with Crippen LogP contribution < -0.4 is 0 Å². The van der Waals surface area contributed by atoms with E-state index >= 15 is 0 Å². The van der Waals surface area contributed by atoms with Crippen LogP contribution in [0.15, 0.2) is 0 Å². The quantitative estimate of drug-likeness (QED) is 0.284. The van der Waals surface area contributed by atoms with Gasteiger partial charge in [0.15, 0.2) is 37.4 Å². The van der Waals surface area contributed by atoms with E-state index in [1.165, 1.54) is 0 Å². The lowest BCUT2D eigenvalue weighted by molar-refractivity contribution is -0.401. The van der Waals surface area contributed by atoms with E-state index in [1.54, 1.807) is 0 Å². The van der Waals surface area contributed by atoms with Crippen molar-refractivity contribution < 1.29 is 66.6 Å². The third-order valence-corrected chi connectivity index (χ3v) is 4.62. The molecule has 3 aliphatic rings. The lowest BCUT2D eigenvalue weighted by Gasteiger charge is -2.46. The zero-order valence-corrected chi connectivity index (χ0v) is 14.8. The van der Waals surface area contributed by atoms with Gasteiger partial charge in [-0.25, -0.2) is 26.3 Å². The van der Waals surface area contributed by atoms with Crippen molar-refractivity contribution in [2.75, 3.05) is 19.6 Å². The first-order valence-electron chi connectivity index (χ1n) is 8.38. The highest BCUT2D eigenvalue weighted by Crippen LogP contribution is 2.40. The average Bonchev–Trinajstić information content (AvgIpc) is 2.65. The molecule has 3 saturated heterocycles. The maximum absolute atomic E-state index is 13.9. The van der Waals surface area contributed by atoms with Crippen LogP contribution in [0.3, 0.4) is 0 Å². The van der Waals surface area contributed by atoms with Crippen LogP contribution in [0.2, 0.25) is 0 Å². The van der Waals surface area contributed by atoms with Crippen molar-refractivity contribution in [2.24, 2.45) is 0 Å². The van der Waals surface area contributed by atoms with Gasteiger partial charge in [-0.2, -0.15) is 41.0 Å². The van der Waals surface area contributed by atoms with Crippen LogP contribution in [0.5, 0.6) is 0 Å². The first kappa shape index (κ1) is 24.6. The Bertz CT molecular complexity index is 582. The molecule has 0 saturated carbocycles. The summed E-state index contributed by atoms with van der Waals surface area (Å²) in [5, 5.41) is 0. The van der Waals surface area contributed by atoms with E-state index in [-0.39, 0.29) is 0 Å². The maximum atomic E-state index is 13.9. The van der Waals surface area contributed by atoms with Crippen molar-refractivity contribution in [3.8, 4) is 0 Å². The van der Waals surface area contributed by atoms with E-state index in [2.05, 4.69) is 14.0 Å². The van der Waals surface area contributed by atoms with Crippen LogP contribution in [0.4, 0.5) is 52.7 Å². The van der Waals surface area contributed by atoms with Gasteiger partial charge in [-0.3, -0.25) is 0 Å². The molecule has 6 atom stereocenters. The highest BCUT2D eigenvalue weighted by atomic mass is 19.3. The van der Waals surface area contributed by atoms with E-state index in [9.17, 15) is 52.7 Å². The summed E-state index contributed by atoms with van der Waals surface area (Å²) in [6, 6.07) is 0. The Morgan fingerprint density at radius 2 is 0.742 bits per heavy atom. The Morgan fingerprint density at radius 1 is 0.516 bits per heavy atom. The normalized spacial score (nSPS) is 36.0. The molecule has 180 valence electrons. The molecular formula is C12H12BF12N3O3. The van der Waals surface area contributed by atoms with E-state index in [0.717, 1.165) is 0 Å². The molecule has 0 amide bonds. The molecule has 3 fully saturated rings. The van der Waals surface area contributed by atoms with Gasteiger partial charge in [0, 0.05) is 19.6 Å². The Morgan fingerprint density at radius 3 is 0.903 bits per heavy atom. The summed E-state index contributed by atoms with van der Waals surface area (Å²) in [5.74, 6) is 0. The zero-order chi connectivity index (χ0) is 23.5. The monoisotopic (exact) mass is 485 g/mol. The Balaban J connectivity index is 1.75. The summed E-state index contributed by atoms with van der Waals surface area (Å²) in [4.78, 5) is -2.19. The van der Waals surface area contributed by atoms with Crippen molar-refractivity contribution in [2.45, 2.75) is 56.1 Å². The van der Waals surface area contributed by atoms with Crippen molar-refractivity contribution in [3.63, 3.8) is 0 Å². The second-order valence-electron chi connectivity index (χ2n) is 6.72. The molecule has 6 nitrogen and oxygen atoms in total. The minimum Gasteiger partial charge on any atom is -0.312 e. The zero-order valence-electron chi connectivity index (χ0n) is 14.8. The third-order valence-electron chi connectivity index (χ3n) is 4.62. The molecule has 6 unspecified atom stereocenters. The lowest BCUT2D eigenvalue weighted by Crippen LogP contribution is -2.69. The number of halogens is 12. The number of hydrogen-bond donors (Lipinski definition) is 0. The summed E-state index contributed by atoms with van der Waals surface area (Å²) < 4.78 is 172. The van der Waals surface area contributed by atoms with Gasteiger partial charge in [-0.1, -0.05) is 0 Å². The molecular weight excluding hydrogens is 473 g/mol. The van der Waals surface area contributed by atoms with Gasteiger partial charge in [-0.05, 0) is 0 Å². The molecule has 0 radical (unpaired) electrons. The van der Waals surface area contributed by atoms with E-state index in [1.807, 2.05) is 0 Å². The molecule has 0 bridgehead atoms. The van der Waals surface area contributed by atoms with Gasteiger partial charge in [0.2, 0.25) is 0 Å². The predicted molar refractivity (Wildman–Crippen MR) is 73.3 cm³/mol. The molecule has 0 spiro atoms. The topological polar surface area (TPSA) is 37.4 Å². The molecule has 0 aromatic carbocycles. The molecule has 0 N–H and O–H groups in total. The molecule has 0 aromatic heterocycles. The smallest absolute Gasteiger partial charge is 0.312 e. The van der Waals surface area contributed by atoms with Crippen molar-refractivity contribution in [1.29, 1.82) is 0 Å². The summed E-state index contributed by atoms with van der Waals surface area (Å²) >= 11 is 0. The Hall–Kier alpha value is -1.02. The minimum atomic E-state index is -5.09. The Kier molecular flexibility index (Phi) is 6.42.